The Labute approximate surface area is 532 Å². The first-order chi connectivity index (χ1) is 42.0. The molecule has 85 heavy (non-hydrogen) atoms. The zero-order valence-electron chi connectivity index (χ0n) is 57.9. The van der Waals surface area contributed by atoms with Crippen LogP contribution in [0.4, 0.5) is 0 Å². The zero-order valence-corrected chi connectivity index (χ0v) is 57.9. The number of unbranched alkanes of at least 4 members (excludes halogenated alkanes) is 61. The van der Waals surface area contributed by atoms with Crippen LogP contribution in [0.5, 0.6) is 0 Å². The first-order valence-electron chi connectivity index (χ1n) is 39.1. The molecule has 0 rings (SSSR count). The second-order valence-electron chi connectivity index (χ2n) is 27.0. The number of aliphatic hydroxyl groups excluding tert-OH is 2. The minimum Gasteiger partial charge on any atom is -0.466 e. The van der Waals surface area contributed by atoms with Crippen molar-refractivity contribution in [3.8, 4) is 0 Å². The number of ether oxygens (including phenoxy) is 1. The van der Waals surface area contributed by atoms with Gasteiger partial charge in [0.1, 0.15) is 0 Å². The van der Waals surface area contributed by atoms with E-state index in [9.17, 15) is 19.8 Å². The number of nitrogens with one attached hydrogen (secondary N) is 1. The predicted octanol–water partition coefficient (Wildman–Crippen LogP) is 25.7. The first-order valence-corrected chi connectivity index (χ1v) is 39.1. The molecule has 0 aliphatic rings. The number of carbonyl (C=O) groups excluding carboxylic acids is 2. The number of esters is 1. The maximum Gasteiger partial charge on any atom is 0.305 e. The molecule has 0 radical (unpaired) electrons. The minimum absolute atomic E-state index is 0.0160. The second kappa shape index (κ2) is 74.8. The van der Waals surface area contributed by atoms with Gasteiger partial charge in [0.2, 0.25) is 5.91 Å². The molecule has 2 unspecified atom stereocenters. The van der Waals surface area contributed by atoms with Crippen molar-refractivity contribution >= 4 is 11.9 Å². The maximum absolute atomic E-state index is 12.5. The number of aliphatic hydroxyl groups is 2. The van der Waals surface area contributed by atoms with Gasteiger partial charge in [0.25, 0.3) is 0 Å². The van der Waals surface area contributed by atoms with Crippen LogP contribution in [-0.2, 0) is 14.3 Å². The maximum atomic E-state index is 12.5. The highest BCUT2D eigenvalue weighted by Crippen LogP contribution is 2.20. The zero-order chi connectivity index (χ0) is 61.3. The molecule has 0 heterocycles. The van der Waals surface area contributed by atoms with Crippen molar-refractivity contribution in [3.05, 3.63) is 24.3 Å². The summed E-state index contributed by atoms with van der Waals surface area (Å²) in [5.74, 6) is -0.0428. The van der Waals surface area contributed by atoms with E-state index in [1.807, 2.05) is 6.08 Å². The summed E-state index contributed by atoms with van der Waals surface area (Å²) in [6.07, 6.45) is 95.9. The van der Waals surface area contributed by atoms with E-state index in [0.29, 0.717) is 19.4 Å². The van der Waals surface area contributed by atoms with Gasteiger partial charge >= 0.3 is 5.97 Å². The van der Waals surface area contributed by atoms with Crippen LogP contribution in [0.3, 0.4) is 0 Å². The normalized spacial score (nSPS) is 12.6. The van der Waals surface area contributed by atoms with Gasteiger partial charge in [-0.1, -0.05) is 398 Å². The summed E-state index contributed by atoms with van der Waals surface area (Å²) in [7, 11) is 0. The molecule has 504 valence electrons. The second-order valence-corrected chi connectivity index (χ2v) is 27.0. The smallest absolute Gasteiger partial charge is 0.305 e. The number of rotatable bonds is 74. The molecule has 0 saturated heterocycles. The molecule has 0 aromatic carbocycles. The Hall–Kier alpha value is -1.66. The van der Waals surface area contributed by atoms with Crippen molar-refractivity contribution in [2.45, 2.75) is 456 Å². The molecule has 6 nitrogen and oxygen atoms in total. The van der Waals surface area contributed by atoms with Crippen molar-refractivity contribution in [2.75, 3.05) is 13.2 Å². The molecular formula is C79H153NO5. The fourth-order valence-corrected chi connectivity index (χ4v) is 12.5. The topological polar surface area (TPSA) is 95.9 Å². The number of hydrogen-bond donors (Lipinski definition) is 3. The van der Waals surface area contributed by atoms with Crippen LogP contribution in [0.25, 0.3) is 0 Å². The lowest BCUT2D eigenvalue weighted by molar-refractivity contribution is -0.143. The summed E-state index contributed by atoms with van der Waals surface area (Å²) in [4.78, 5) is 24.6. The molecule has 0 spiro atoms. The Kier molecular flexibility index (Phi) is 73.3. The molecule has 0 aliphatic heterocycles. The Morgan fingerprint density at radius 3 is 0.835 bits per heavy atom. The van der Waals surface area contributed by atoms with Gasteiger partial charge in [-0.25, -0.2) is 0 Å². The highest BCUT2D eigenvalue weighted by Gasteiger charge is 2.18. The SMILES string of the molecule is CCCCCCCC/C=C\CCCCCCCC(=O)OCCCCCCCCCCCCCCCCCCCCCCCCCCCCCCCCCCCCCCCC(=O)NC(CO)C(O)/C=C/CCCCCCCCCCCCCCCC. The van der Waals surface area contributed by atoms with Crippen molar-refractivity contribution < 1.29 is 24.5 Å². The largest absolute Gasteiger partial charge is 0.466 e. The lowest BCUT2D eigenvalue weighted by atomic mass is 10.0. The average Bonchev–Trinajstić information content (AvgIpc) is 3.51. The third-order valence-electron chi connectivity index (χ3n) is 18.5. The number of hydrogen-bond acceptors (Lipinski definition) is 5. The minimum atomic E-state index is -0.840. The number of carbonyl (C=O) groups is 2. The van der Waals surface area contributed by atoms with Crippen LogP contribution in [0.1, 0.15) is 444 Å². The van der Waals surface area contributed by atoms with E-state index < -0.39 is 12.1 Å². The van der Waals surface area contributed by atoms with E-state index in [0.717, 1.165) is 44.9 Å². The molecule has 0 aromatic rings. The molecule has 6 heteroatoms. The third-order valence-corrected chi connectivity index (χ3v) is 18.5. The summed E-state index contributed by atoms with van der Waals surface area (Å²) >= 11 is 0. The summed E-state index contributed by atoms with van der Waals surface area (Å²) in [5, 5.41) is 23.2. The van der Waals surface area contributed by atoms with Gasteiger partial charge in [-0.05, 0) is 57.8 Å². The van der Waals surface area contributed by atoms with Crippen molar-refractivity contribution in [1.29, 1.82) is 0 Å². The van der Waals surface area contributed by atoms with E-state index in [2.05, 4.69) is 31.3 Å². The standard InChI is InChI=1S/C79H153NO5/c1-3-5-7-9-11-13-15-17-19-44-47-51-55-59-63-67-71-77(82)76(75-81)80-78(83)72-68-64-60-56-52-48-45-41-39-37-35-33-31-29-27-25-23-21-20-22-24-26-28-30-32-34-36-38-40-42-46-50-54-58-62-66-70-74-85-79(84)73-69-65-61-57-53-49-43-18-16-14-12-10-8-6-4-2/h18,43,67,71,76-77,81-82H,3-17,19-42,44-66,68-70,72-75H2,1-2H3,(H,80,83)/b43-18-,71-67+. The molecule has 0 fully saturated rings. The van der Waals surface area contributed by atoms with Gasteiger partial charge in [-0.3, -0.25) is 9.59 Å². The van der Waals surface area contributed by atoms with Crippen LogP contribution in [0.15, 0.2) is 24.3 Å². The molecule has 0 bridgehead atoms. The average molecular weight is 1200 g/mol. The Morgan fingerprint density at radius 2 is 0.553 bits per heavy atom. The third kappa shape index (κ3) is 71.3. The van der Waals surface area contributed by atoms with Gasteiger partial charge < -0.3 is 20.3 Å². The van der Waals surface area contributed by atoms with Crippen LogP contribution < -0.4 is 5.32 Å². The number of allylic oxidation sites excluding steroid dienone is 3. The first kappa shape index (κ1) is 83.3. The Balaban J connectivity index is 3.31. The van der Waals surface area contributed by atoms with E-state index in [1.165, 1.54) is 372 Å². The molecule has 1 amide bonds. The van der Waals surface area contributed by atoms with E-state index in [4.69, 9.17) is 4.74 Å². The van der Waals surface area contributed by atoms with Crippen LogP contribution in [-0.4, -0.2) is 47.4 Å². The Morgan fingerprint density at radius 1 is 0.318 bits per heavy atom. The summed E-state index contributed by atoms with van der Waals surface area (Å²) in [6, 6.07) is -0.623. The summed E-state index contributed by atoms with van der Waals surface area (Å²) in [5.41, 5.74) is 0. The van der Waals surface area contributed by atoms with Crippen molar-refractivity contribution in [1.82, 2.24) is 5.32 Å². The lowest BCUT2D eigenvalue weighted by Gasteiger charge is -2.20. The van der Waals surface area contributed by atoms with Crippen LogP contribution in [0.2, 0.25) is 0 Å². The highest BCUT2D eigenvalue weighted by molar-refractivity contribution is 5.76. The molecule has 0 saturated carbocycles. The van der Waals surface area contributed by atoms with Gasteiger partial charge in [0, 0.05) is 12.8 Å². The van der Waals surface area contributed by atoms with Gasteiger partial charge in [-0.2, -0.15) is 0 Å². The van der Waals surface area contributed by atoms with Gasteiger partial charge in [0.05, 0.1) is 25.4 Å². The summed E-state index contributed by atoms with van der Waals surface area (Å²) < 4.78 is 5.50. The van der Waals surface area contributed by atoms with Crippen molar-refractivity contribution in [3.63, 3.8) is 0 Å². The van der Waals surface area contributed by atoms with E-state index in [-0.39, 0.29) is 18.5 Å². The molecule has 0 aliphatic carbocycles. The lowest BCUT2D eigenvalue weighted by Crippen LogP contribution is -2.45. The Bertz CT molecular complexity index is 1330. The summed E-state index contributed by atoms with van der Waals surface area (Å²) in [6.45, 7) is 4.94. The predicted molar refractivity (Wildman–Crippen MR) is 375 cm³/mol. The molecule has 2 atom stereocenters. The van der Waals surface area contributed by atoms with Gasteiger partial charge in [-0.15, -0.1) is 0 Å². The highest BCUT2D eigenvalue weighted by atomic mass is 16.5. The van der Waals surface area contributed by atoms with Crippen LogP contribution >= 0.6 is 0 Å². The number of amides is 1. The van der Waals surface area contributed by atoms with E-state index in [1.54, 1.807) is 6.08 Å². The van der Waals surface area contributed by atoms with Gasteiger partial charge in [0.15, 0.2) is 0 Å². The van der Waals surface area contributed by atoms with Crippen molar-refractivity contribution in [2.24, 2.45) is 0 Å². The monoisotopic (exact) mass is 1200 g/mol. The molecule has 0 aromatic heterocycles. The molecule has 3 N–H and O–H groups in total. The van der Waals surface area contributed by atoms with E-state index >= 15 is 0 Å². The molecular weight excluding hydrogens is 1040 g/mol. The fourth-order valence-electron chi connectivity index (χ4n) is 12.5. The quantitative estimate of drug-likeness (QED) is 0.0320. The fraction of sp³-hybridized carbons (Fsp3) is 0.924. The van der Waals surface area contributed by atoms with Crippen LogP contribution in [0, 0.1) is 0 Å².